The van der Waals surface area contributed by atoms with Gasteiger partial charge in [0.1, 0.15) is 12.2 Å². The molecule has 156 valence electrons. The third-order valence-corrected chi connectivity index (χ3v) is 4.68. The summed E-state index contributed by atoms with van der Waals surface area (Å²) in [6, 6.07) is 9.00. The van der Waals surface area contributed by atoms with Crippen molar-refractivity contribution in [3.05, 3.63) is 47.5 Å². The number of nitrogens with one attached hydrogen (secondary N) is 2. The van der Waals surface area contributed by atoms with E-state index in [9.17, 15) is 0 Å². The van der Waals surface area contributed by atoms with Crippen molar-refractivity contribution in [2.45, 2.75) is 66.0 Å². The summed E-state index contributed by atoms with van der Waals surface area (Å²) in [4.78, 5) is 4.73. The highest BCUT2D eigenvalue weighted by molar-refractivity contribution is 14.0. The van der Waals surface area contributed by atoms with Crippen LogP contribution < -0.4 is 10.6 Å². The van der Waals surface area contributed by atoms with Crippen LogP contribution in [0.15, 0.2) is 35.6 Å². The van der Waals surface area contributed by atoms with Crippen molar-refractivity contribution in [2.24, 2.45) is 4.99 Å². The van der Waals surface area contributed by atoms with Crippen molar-refractivity contribution in [3.8, 4) is 0 Å². The molecule has 0 aliphatic rings. The average molecular weight is 498 g/mol. The van der Waals surface area contributed by atoms with E-state index in [4.69, 9.17) is 4.99 Å². The van der Waals surface area contributed by atoms with Gasteiger partial charge in [0.05, 0.1) is 6.04 Å². The van der Waals surface area contributed by atoms with Crippen LogP contribution in [0.1, 0.15) is 63.5 Å². The normalized spacial score (nSPS) is 12.4. The van der Waals surface area contributed by atoms with E-state index in [0.717, 1.165) is 57.1 Å². The summed E-state index contributed by atoms with van der Waals surface area (Å²) in [6.45, 7) is 11.1. The standard InChI is InChI=1S/C21H34N6.HI/c1-5-8-13-22-21(23-14-15-27-16-24-26-20(27)7-3)25-17(4)19-11-9-18(6-2)10-12-19;/h9-12,16-17H,5-8,13-15H2,1-4H3,(H2,22,23,25);1H. The fraction of sp³-hybridized carbons (Fsp3) is 0.571. The molecule has 1 heterocycles. The second kappa shape index (κ2) is 13.5. The van der Waals surface area contributed by atoms with Crippen LogP contribution in [0.4, 0.5) is 0 Å². The first-order chi connectivity index (χ1) is 13.2. The molecule has 0 radical (unpaired) electrons. The zero-order valence-corrected chi connectivity index (χ0v) is 19.9. The maximum absolute atomic E-state index is 4.73. The van der Waals surface area contributed by atoms with E-state index in [1.165, 1.54) is 11.1 Å². The molecule has 0 aliphatic heterocycles. The topological polar surface area (TPSA) is 67.1 Å². The summed E-state index contributed by atoms with van der Waals surface area (Å²) >= 11 is 0. The van der Waals surface area contributed by atoms with Gasteiger partial charge in [0.2, 0.25) is 0 Å². The number of unbranched alkanes of at least 4 members (excludes halogenated alkanes) is 1. The Labute approximate surface area is 186 Å². The van der Waals surface area contributed by atoms with Crippen LogP contribution in [-0.2, 0) is 19.4 Å². The summed E-state index contributed by atoms with van der Waals surface area (Å²) in [7, 11) is 0. The Morgan fingerprint density at radius 2 is 1.89 bits per heavy atom. The highest BCUT2D eigenvalue weighted by atomic mass is 127. The Hall–Kier alpha value is -1.64. The third-order valence-electron chi connectivity index (χ3n) is 4.68. The molecule has 0 saturated heterocycles. The minimum absolute atomic E-state index is 0. The largest absolute Gasteiger partial charge is 0.355 e. The molecule has 0 amide bonds. The molecule has 7 heteroatoms. The van der Waals surface area contributed by atoms with Gasteiger partial charge in [-0.25, -0.2) is 0 Å². The van der Waals surface area contributed by atoms with Gasteiger partial charge in [-0.1, -0.05) is 51.5 Å². The Bertz CT molecular complexity index is 695. The van der Waals surface area contributed by atoms with Crippen LogP contribution in [0.2, 0.25) is 0 Å². The molecule has 0 bridgehead atoms. The highest BCUT2D eigenvalue weighted by Gasteiger charge is 2.08. The molecular formula is C21H35IN6. The number of aromatic nitrogens is 3. The smallest absolute Gasteiger partial charge is 0.191 e. The quantitative estimate of drug-likeness (QED) is 0.224. The van der Waals surface area contributed by atoms with E-state index < -0.39 is 0 Å². The maximum atomic E-state index is 4.73. The molecule has 2 rings (SSSR count). The van der Waals surface area contributed by atoms with Gasteiger partial charge in [-0.2, -0.15) is 0 Å². The minimum Gasteiger partial charge on any atom is -0.355 e. The van der Waals surface area contributed by atoms with Crippen molar-refractivity contribution >= 4 is 29.9 Å². The minimum atomic E-state index is 0. The van der Waals surface area contributed by atoms with E-state index in [1.54, 1.807) is 6.33 Å². The molecule has 1 aromatic heterocycles. The number of guanidine groups is 1. The van der Waals surface area contributed by atoms with Crippen molar-refractivity contribution in [1.82, 2.24) is 25.4 Å². The van der Waals surface area contributed by atoms with Crippen LogP contribution in [0, 0.1) is 0 Å². The Morgan fingerprint density at radius 1 is 1.14 bits per heavy atom. The zero-order valence-electron chi connectivity index (χ0n) is 17.6. The van der Waals surface area contributed by atoms with Gasteiger partial charge in [0.25, 0.3) is 0 Å². The molecule has 1 unspecified atom stereocenters. The molecule has 0 aliphatic carbocycles. The Kier molecular flexibility index (Phi) is 11.8. The molecule has 28 heavy (non-hydrogen) atoms. The number of rotatable bonds is 10. The number of halogens is 1. The van der Waals surface area contributed by atoms with Gasteiger partial charge in [-0.05, 0) is 30.9 Å². The molecule has 0 saturated carbocycles. The molecule has 0 fully saturated rings. The fourth-order valence-electron chi connectivity index (χ4n) is 2.87. The van der Waals surface area contributed by atoms with Crippen LogP contribution in [0.25, 0.3) is 0 Å². The lowest BCUT2D eigenvalue weighted by molar-refractivity contribution is 0.618. The third kappa shape index (κ3) is 7.77. The lowest BCUT2D eigenvalue weighted by Gasteiger charge is -2.19. The van der Waals surface area contributed by atoms with Crippen molar-refractivity contribution < 1.29 is 0 Å². The van der Waals surface area contributed by atoms with Gasteiger partial charge in [0.15, 0.2) is 5.96 Å². The number of aliphatic imine (C=N–C) groups is 1. The van der Waals surface area contributed by atoms with E-state index in [0.29, 0.717) is 0 Å². The Balaban J connectivity index is 0.00000392. The lowest BCUT2D eigenvalue weighted by Crippen LogP contribution is -2.40. The molecule has 1 atom stereocenters. The van der Waals surface area contributed by atoms with E-state index in [1.807, 2.05) is 0 Å². The van der Waals surface area contributed by atoms with Crippen molar-refractivity contribution in [3.63, 3.8) is 0 Å². The number of aryl methyl sites for hydroxylation is 2. The van der Waals surface area contributed by atoms with Crippen LogP contribution >= 0.6 is 24.0 Å². The summed E-state index contributed by atoms with van der Waals surface area (Å²) in [5.74, 6) is 1.88. The summed E-state index contributed by atoms with van der Waals surface area (Å²) in [5.41, 5.74) is 2.63. The predicted molar refractivity (Wildman–Crippen MR) is 127 cm³/mol. The number of hydrogen-bond donors (Lipinski definition) is 2. The van der Waals surface area contributed by atoms with Crippen LogP contribution in [-0.4, -0.2) is 33.8 Å². The molecule has 2 aromatic rings. The van der Waals surface area contributed by atoms with Gasteiger partial charge in [-0.15, -0.1) is 34.2 Å². The van der Waals surface area contributed by atoms with E-state index in [-0.39, 0.29) is 30.0 Å². The number of nitrogens with zero attached hydrogens (tertiary/aromatic N) is 4. The monoisotopic (exact) mass is 498 g/mol. The highest BCUT2D eigenvalue weighted by Crippen LogP contribution is 2.13. The van der Waals surface area contributed by atoms with Crippen molar-refractivity contribution in [1.29, 1.82) is 0 Å². The lowest BCUT2D eigenvalue weighted by atomic mass is 10.1. The Morgan fingerprint density at radius 3 is 2.54 bits per heavy atom. The zero-order chi connectivity index (χ0) is 19.5. The first-order valence-corrected chi connectivity index (χ1v) is 10.2. The van der Waals surface area contributed by atoms with Gasteiger partial charge in [0, 0.05) is 26.1 Å². The molecule has 1 aromatic carbocycles. The second-order valence-corrected chi connectivity index (χ2v) is 6.77. The summed E-state index contributed by atoms with van der Waals surface area (Å²) in [5, 5.41) is 15.1. The van der Waals surface area contributed by atoms with Gasteiger partial charge < -0.3 is 15.2 Å². The van der Waals surface area contributed by atoms with Gasteiger partial charge in [-0.3, -0.25) is 4.99 Å². The molecular weight excluding hydrogens is 463 g/mol. The van der Waals surface area contributed by atoms with E-state index >= 15 is 0 Å². The first kappa shape index (κ1) is 24.4. The number of hydrogen-bond acceptors (Lipinski definition) is 3. The summed E-state index contributed by atoms with van der Waals surface area (Å²) in [6.07, 6.45) is 5.99. The second-order valence-electron chi connectivity index (χ2n) is 6.77. The van der Waals surface area contributed by atoms with Crippen LogP contribution in [0.3, 0.4) is 0 Å². The first-order valence-electron chi connectivity index (χ1n) is 10.2. The van der Waals surface area contributed by atoms with Crippen LogP contribution in [0.5, 0.6) is 0 Å². The fourth-order valence-corrected chi connectivity index (χ4v) is 2.87. The maximum Gasteiger partial charge on any atom is 0.191 e. The van der Waals surface area contributed by atoms with Crippen molar-refractivity contribution in [2.75, 3.05) is 13.1 Å². The number of benzene rings is 1. The molecule has 0 spiro atoms. The average Bonchev–Trinajstić information content (AvgIpc) is 3.15. The molecule has 2 N–H and O–H groups in total. The SMILES string of the molecule is CCCCN=C(NCCn1cnnc1CC)NC(C)c1ccc(CC)cc1.I. The predicted octanol–water partition coefficient (Wildman–Crippen LogP) is 4.12. The molecule has 6 nitrogen and oxygen atoms in total. The van der Waals surface area contributed by atoms with E-state index in [2.05, 4.69) is 77.4 Å². The summed E-state index contributed by atoms with van der Waals surface area (Å²) < 4.78 is 2.09. The van der Waals surface area contributed by atoms with Gasteiger partial charge >= 0.3 is 0 Å².